The molecule has 2 aromatic carbocycles. The van der Waals surface area contributed by atoms with E-state index in [4.69, 9.17) is 5.84 Å². The molecule has 0 heterocycles. The minimum absolute atomic E-state index is 0.0684. The molecule has 120 valence electrons. The lowest BCUT2D eigenvalue weighted by molar-refractivity contribution is -0.120. The van der Waals surface area contributed by atoms with E-state index in [-0.39, 0.29) is 11.8 Å². The van der Waals surface area contributed by atoms with Gasteiger partial charge in [0.25, 0.3) is 0 Å². The number of nitrogens with one attached hydrogen (secondary N) is 2. The minimum atomic E-state index is -0.197. The van der Waals surface area contributed by atoms with Crippen molar-refractivity contribution in [3.05, 3.63) is 65.2 Å². The fraction of sp³-hybridized carbons (Fsp3) is 0.222. The number of rotatable bonds is 6. The van der Waals surface area contributed by atoms with E-state index in [2.05, 4.69) is 10.7 Å². The van der Waals surface area contributed by atoms with Crippen molar-refractivity contribution in [2.24, 2.45) is 5.84 Å². The Hall–Kier alpha value is -2.66. The van der Waals surface area contributed by atoms with Crippen molar-refractivity contribution in [3.63, 3.8) is 0 Å². The lowest BCUT2D eigenvalue weighted by Gasteiger charge is -2.06. The zero-order chi connectivity index (χ0) is 16.7. The van der Waals surface area contributed by atoms with E-state index in [0.717, 1.165) is 24.1 Å². The van der Waals surface area contributed by atoms with Gasteiger partial charge in [0.1, 0.15) is 0 Å². The van der Waals surface area contributed by atoms with Gasteiger partial charge in [0, 0.05) is 12.6 Å². The number of hydrogen-bond acceptors (Lipinski definition) is 3. The van der Waals surface area contributed by atoms with Crippen molar-refractivity contribution in [1.82, 2.24) is 5.43 Å². The van der Waals surface area contributed by atoms with Gasteiger partial charge in [-0.25, -0.2) is 5.84 Å². The SMILES string of the molecule is CC(=O)Nc1ccc(CCc2ccc(CC(=O)NN)cc2)cc1. The maximum Gasteiger partial charge on any atom is 0.238 e. The molecule has 2 rings (SSSR count). The normalized spacial score (nSPS) is 10.2. The quantitative estimate of drug-likeness (QED) is 0.433. The van der Waals surface area contributed by atoms with Gasteiger partial charge in [-0.1, -0.05) is 36.4 Å². The first-order chi connectivity index (χ1) is 11.1. The van der Waals surface area contributed by atoms with Crippen LogP contribution in [0, 0.1) is 0 Å². The highest BCUT2D eigenvalue weighted by Crippen LogP contribution is 2.13. The Bertz CT molecular complexity index is 664. The first-order valence-corrected chi connectivity index (χ1v) is 7.50. The van der Waals surface area contributed by atoms with Crippen LogP contribution in [0.25, 0.3) is 0 Å². The average molecular weight is 311 g/mol. The summed E-state index contributed by atoms with van der Waals surface area (Å²) in [6, 6.07) is 15.8. The van der Waals surface area contributed by atoms with Crippen LogP contribution < -0.4 is 16.6 Å². The van der Waals surface area contributed by atoms with Crippen LogP contribution in [-0.4, -0.2) is 11.8 Å². The lowest BCUT2D eigenvalue weighted by atomic mass is 10.0. The fourth-order valence-corrected chi connectivity index (χ4v) is 2.31. The van der Waals surface area contributed by atoms with Crippen LogP contribution in [0.4, 0.5) is 5.69 Å². The van der Waals surface area contributed by atoms with Gasteiger partial charge in [-0.3, -0.25) is 15.0 Å². The second kappa shape index (κ2) is 8.10. The average Bonchev–Trinajstić information content (AvgIpc) is 2.55. The molecule has 0 atom stereocenters. The van der Waals surface area contributed by atoms with Crippen LogP contribution in [0.3, 0.4) is 0 Å². The number of amides is 2. The van der Waals surface area contributed by atoms with Crippen LogP contribution in [0.5, 0.6) is 0 Å². The van der Waals surface area contributed by atoms with E-state index in [9.17, 15) is 9.59 Å². The zero-order valence-corrected chi connectivity index (χ0v) is 13.1. The standard InChI is InChI=1S/C18H21N3O2/c1-13(22)20-17-10-8-15(9-11-17)3-2-14-4-6-16(7-5-14)12-18(23)21-19/h4-11H,2-3,12,19H2,1H3,(H,20,22)(H,21,23). The van der Waals surface area contributed by atoms with Crippen molar-refractivity contribution in [1.29, 1.82) is 0 Å². The van der Waals surface area contributed by atoms with Crippen molar-refractivity contribution in [2.45, 2.75) is 26.2 Å². The van der Waals surface area contributed by atoms with E-state index in [0.29, 0.717) is 6.42 Å². The first-order valence-electron chi connectivity index (χ1n) is 7.50. The highest BCUT2D eigenvalue weighted by atomic mass is 16.2. The number of benzene rings is 2. The Labute approximate surface area is 135 Å². The van der Waals surface area contributed by atoms with Crippen molar-refractivity contribution >= 4 is 17.5 Å². The maximum atomic E-state index is 11.2. The molecule has 23 heavy (non-hydrogen) atoms. The molecule has 0 unspecified atom stereocenters. The molecular weight excluding hydrogens is 290 g/mol. The Morgan fingerprint density at radius 2 is 1.35 bits per heavy atom. The van der Waals surface area contributed by atoms with Crippen LogP contribution in [-0.2, 0) is 28.9 Å². The van der Waals surface area contributed by atoms with E-state index >= 15 is 0 Å². The van der Waals surface area contributed by atoms with Crippen LogP contribution in [0.1, 0.15) is 23.6 Å². The topological polar surface area (TPSA) is 84.2 Å². The molecule has 0 fully saturated rings. The monoisotopic (exact) mass is 311 g/mol. The predicted molar refractivity (Wildman–Crippen MR) is 90.6 cm³/mol. The third-order valence-corrected chi connectivity index (χ3v) is 3.53. The summed E-state index contributed by atoms with van der Waals surface area (Å²) in [5.74, 6) is 4.81. The maximum absolute atomic E-state index is 11.2. The zero-order valence-electron chi connectivity index (χ0n) is 13.1. The van der Waals surface area contributed by atoms with Gasteiger partial charge in [0.15, 0.2) is 0 Å². The second-order valence-corrected chi connectivity index (χ2v) is 5.44. The molecule has 0 aromatic heterocycles. The number of hydrazine groups is 1. The summed E-state index contributed by atoms with van der Waals surface area (Å²) in [6.45, 7) is 1.49. The predicted octanol–water partition coefficient (Wildman–Crippen LogP) is 1.96. The highest BCUT2D eigenvalue weighted by Gasteiger charge is 2.02. The summed E-state index contributed by atoms with van der Waals surface area (Å²) in [5, 5.41) is 2.75. The Morgan fingerprint density at radius 3 is 1.83 bits per heavy atom. The molecule has 0 radical (unpaired) electrons. The Morgan fingerprint density at radius 1 is 0.870 bits per heavy atom. The number of carbonyl (C=O) groups is 2. The minimum Gasteiger partial charge on any atom is -0.326 e. The van der Waals surface area contributed by atoms with Crippen LogP contribution >= 0.6 is 0 Å². The molecule has 0 spiro atoms. The number of nitrogens with two attached hydrogens (primary N) is 1. The summed E-state index contributed by atoms with van der Waals surface area (Å²) in [4.78, 5) is 22.2. The largest absolute Gasteiger partial charge is 0.326 e. The van der Waals surface area contributed by atoms with Gasteiger partial charge in [-0.2, -0.15) is 0 Å². The fourth-order valence-electron chi connectivity index (χ4n) is 2.31. The molecule has 0 aliphatic rings. The summed E-state index contributed by atoms with van der Waals surface area (Å²) >= 11 is 0. The van der Waals surface area contributed by atoms with Crippen molar-refractivity contribution in [2.75, 3.05) is 5.32 Å². The smallest absolute Gasteiger partial charge is 0.238 e. The van der Waals surface area contributed by atoms with E-state index < -0.39 is 0 Å². The number of aryl methyl sites for hydroxylation is 2. The van der Waals surface area contributed by atoms with E-state index in [1.165, 1.54) is 18.1 Å². The molecule has 4 N–H and O–H groups in total. The third-order valence-electron chi connectivity index (χ3n) is 3.53. The number of carbonyl (C=O) groups excluding carboxylic acids is 2. The summed E-state index contributed by atoms with van der Waals surface area (Å²) < 4.78 is 0. The molecule has 5 nitrogen and oxygen atoms in total. The van der Waals surface area contributed by atoms with Crippen LogP contribution in [0.15, 0.2) is 48.5 Å². The molecule has 0 aliphatic heterocycles. The van der Waals surface area contributed by atoms with E-state index in [1.54, 1.807) is 0 Å². The van der Waals surface area contributed by atoms with Gasteiger partial charge < -0.3 is 5.32 Å². The number of hydrogen-bond donors (Lipinski definition) is 3. The summed E-state index contributed by atoms with van der Waals surface area (Å²) in [5.41, 5.74) is 6.31. The second-order valence-electron chi connectivity index (χ2n) is 5.44. The Kier molecular flexibility index (Phi) is 5.88. The molecule has 0 bridgehead atoms. The third kappa shape index (κ3) is 5.56. The van der Waals surface area contributed by atoms with Gasteiger partial charge >= 0.3 is 0 Å². The summed E-state index contributed by atoms with van der Waals surface area (Å²) in [6.07, 6.45) is 2.13. The first kappa shape index (κ1) is 16.7. The number of anilines is 1. The molecule has 0 aliphatic carbocycles. The lowest BCUT2D eigenvalue weighted by Crippen LogP contribution is -2.31. The highest BCUT2D eigenvalue weighted by molar-refractivity contribution is 5.88. The van der Waals surface area contributed by atoms with Gasteiger partial charge in [-0.05, 0) is 41.7 Å². The molecule has 2 amide bonds. The molecule has 5 heteroatoms. The van der Waals surface area contributed by atoms with Crippen LogP contribution in [0.2, 0.25) is 0 Å². The molecule has 2 aromatic rings. The van der Waals surface area contributed by atoms with Crippen molar-refractivity contribution < 1.29 is 9.59 Å². The van der Waals surface area contributed by atoms with Gasteiger partial charge in [-0.15, -0.1) is 0 Å². The molecule has 0 saturated carbocycles. The summed E-state index contributed by atoms with van der Waals surface area (Å²) in [7, 11) is 0. The van der Waals surface area contributed by atoms with E-state index in [1.807, 2.05) is 48.5 Å². The van der Waals surface area contributed by atoms with Crippen molar-refractivity contribution in [3.8, 4) is 0 Å². The Balaban J connectivity index is 1.88. The van der Waals surface area contributed by atoms with Gasteiger partial charge in [0.05, 0.1) is 6.42 Å². The van der Waals surface area contributed by atoms with Gasteiger partial charge in [0.2, 0.25) is 11.8 Å². The molecular formula is C18H21N3O2. The molecule has 0 saturated heterocycles.